The maximum Gasteiger partial charge on any atom is 0.306 e. The maximum atomic E-state index is 12.9. The van der Waals surface area contributed by atoms with Crippen LogP contribution in [0.25, 0.3) is 0 Å². The molecule has 0 radical (unpaired) electrons. The van der Waals surface area contributed by atoms with Crippen molar-refractivity contribution in [2.45, 2.75) is 219 Å². The molecule has 1 unspecified atom stereocenters. The standard InChI is InChI=1S/C65H100O6/c1-4-7-10-13-16-19-22-25-28-30-32-34-37-40-43-46-49-52-55-58-64(67)70-61-62(60-69-63(66)57-54-51-48-45-42-39-36-27-24-21-18-15-12-9-6-3)71-65(68)59-56-53-50-47-44-41-38-35-33-31-29-26-23-20-17-14-11-8-5-2/h7-13,15-22,24-26,28-30,32,34,37,40,43,62H,4-6,14,23,27,31,33,35-36,38-39,41-42,44-61H2,1-3H3/b10-7-,11-8-,12-9-,16-13-,18-15-,20-17-,22-19-,24-21-,28-25-,29-26-,32-30+,37-34-,43-40-. The van der Waals surface area contributed by atoms with Crippen LogP contribution in [0.15, 0.2) is 158 Å². The first kappa shape index (κ1) is 66.0. The van der Waals surface area contributed by atoms with Crippen molar-refractivity contribution in [3.05, 3.63) is 158 Å². The van der Waals surface area contributed by atoms with E-state index in [-0.39, 0.29) is 31.1 Å². The van der Waals surface area contributed by atoms with E-state index >= 15 is 0 Å². The van der Waals surface area contributed by atoms with Gasteiger partial charge in [0.05, 0.1) is 0 Å². The largest absolute Gasteiger partial charge is 0.462 e. The molecular weight excluding hydrogens is 877 g/mol. The lowest BCUT2D eigenvalue weighted by Gasteiger charge is -2.18. The average Bonchev–Trinajstić information content (AvgIpc) is 3.37. The van der Waals surface area contributed by atoms with E-state index in [4.69, 9.17) is 14.2 Å². The molecule has 0 aromatic rings. The first-order chi connectivity index (χ1) is 35.0. The van der Waals surface area contributed by atoms with Crippen LogP contribution in [0.1, 0.15) is 213 Å². The van der Waals surface area contributed by atoms with Gasteiger partial charge in [0.2, 0.25) is 0 Å². The third-order valence-electron chi connectivity index (χ3n) is 11.3. The van der Waals surface area contributed by atoms with Gasteiger partial charge in [0.1, 0.15) is 13.2 Å². The van der Waals surface area contributed by atoms with E-state index in [9.17, 15) is 14.4 Å². The molecule has 0 aliphatic carbocycles. The second-order valence-electron chi connectivity index (χ2n) is 17.9. The Bertz CT molecular complexity index is 1640. The van der Waals surface area contributed by atoms with Crippen molar-refractivity contribution >= 4 is 17.9 Å². The van der Waals surface area contributed by atoms with Crippen LogP contribution in [0.2, 0.25) is 0 Å². The molecule has 6 nitrogen and oxygen atoms in total. The summed E-state index contributed by atoms with van der Waals surface area (Å²) in [5.74, 6) is -0.980. The first-order valence-electron chi connectivity index (χ1n) is 28.1. The zero-order chi connectivity index (χ0) is 51.4. The quantitative estimate of drug-likeness (QED) is 0.0199. The van der Waals surface area contributed by atoms with Crippen molar-refractivity contribution < 1.29 is 28.6 Å². The number of rotatable bonds is 48. The Morgan fingerprint density at radius 3 is 0.972 bits per heavy atom. The highest BCUT2D eigenvalue weighted by Crippen LogP contribution is 2.14. The van der Waals surface area contributed by atoms with Gasteiger partial charge in [-0.25, -0.2) is 0 Å². The molecular formula is C65H100O6. The fourth-order valence-corrected chi connectivity index (χ4v) is 7.15. The summed E-state index contributed by atoms with van der Waals surface area (Å²) < 4.78 is 16.8. The van der Waals surface area contributed by atoms with Gasteiger partial charge in [0.25, 0.3) is 0 Å². The van der Waals surface area contributed by atoms with Crippen LogP contribution < -0.4 is 0 Å². The predicted molar refractivity (Wildman–Crippen MR) is 306 cm³/mol. The van der Waals surface area contributed by atoms with Crippen molar-refractivity contribution in [3.8, 4) is 0 Å². The molecule has 0 saturated carbocycles. The monoisotopic (exact) mass is 977 g/mol. The smallest absolute Gasteiger partial charge is 0.306 e. The van der Waals surface area contributed by atoms with E-state index in [2.05, 4.69) is 106 Å². The fourth-order valence-electron chi connectivity index (χ4n) is 7.15. The molecule has 6 heteroatoms. The lowest BCUT2D eigenvalue weighted by atomic mass is 10.1. The van der Waals surface area contributed by atoms with E-state index in [0.717, 1.165) is 109 Å². The normalized spacial score (nSPS) is 13.3. The van der Waals surface area contributed by atoms with E-state index < -0.39 is 6.10 Å². The van der Waals surface area contributed by atoms with E-state index in [0.29, 0.717) is 19.3 Å². The lowest BCUT2D eigenvalue weighted by molar-refractivity contribution is -0.167. The molecule has 0 aliphatic rings. The Labute approximate surface area is 435 Å². The summed E-state index contributed by atoms with van der Waals surface area (Å²) in [6.07, 6.45) is 83.6. The highest BCUT2D eigenvalue weighted by atomic mass is 16.6. The van der Waals surface area contributed by atoms with Crippen molar-refractivity contribution in [1.29, 1.82) is 0 Å². The number of esters is 3. The van der Waals surface area contributed by atoms with Crippen LogP contribution in [0.5, 0.6) is 0 Å². The number of ether oxygens (including phenoxy) is 3. The van der Waals surface area contributed by atoms with Crippen molar-refractivity contribution in [1.82, 2.24) is 0 Å². The SMILES string of the molecule is CC\C=C/C=C\C=C/C=C\C=C\C=C/C=C\CCCCCC(=O)OCC(COC(=O)CCCCCCCCC\C=C/C=C\C=C/CC)OC(=O)CCCCCCCCCCC/C=C\C/C=C\C/C=C\CC. The predicted octanol–water partition coefficient (Wildman–Crippen LogP) is 19.0. The molecule has 0 N–H and O–H groups in total. The summed E-state index contributed by atoms with van der Waals surface area (Å²) in [7, 11) is 0. The minimum absolute atomic E-state index is 0.109. The molecule has 71 heavy (non-hydrogen) atoms. The molecule has 0 spiro atoms. The van der Waals surface area contributed by atoms with Gasteiger partial charge >= 0.3 is 17.9 Å². The third-order valence-corrected chi connectivity index (χ3v) is 11.3. The van der Waals surface area contributed by atoms with Crippen LogP contribution in [-0.2, 0) is 28.6 Å². The van der Waals surface area contributed by atoms with Gasteiger partial charge in [-0.1, -0.05) is 262 Å². The van der Waals surface area contributed by atoms with Gasteiger partial charge in [-0.2, -0.15) is 0 Å². The first-order valence-corrected chi connectivity index (χ1v) is 28.1. The van der Waals surface area contributed by atoms with Gasteiger partial charge in [-0.3, -0.25) is 14.4 Å². The molecule has 0 heterocycles. The zero-order valence-corrected chi connectivity index (χ0v) is 45.2. The summed E-state index contributed by atoms with van der Waals surface area (Å²) in [4.78, 5) is 38.2. The Balaban J connectivity index is 4.54. The number of carbonyl (C=O) groups is 3. The van der Waals surface area contributed by atoms with Crippen LogP contribution in [-0.4, -0.2) is 37.2 Å². The Kier molecular flexibility index (Phi) is 53.6. The molecule has 0 rings (SSSR count). The molecule has 0 amide bonds. The van der Waals surface area contributed by atoms with E-state index in [1.54, 1.807) is 0 Å². The summed E-state index contributed by atoms with van der Waals surface area (Å²) >= 11 is 0. The molecule has 1 atom stereocenters. The molecule has 0 aromatic carbocycles. The lowest BCUT2D eigenvalue weighted by Crippen LogP contribution is -2.30. The number of hydrogen-bond acceptors (Lipinski definition) is 6. The molecule has 0 bridgehead atoms. The van der Waals surface area contributed by atoms with Gasteiger partial charge in [-0.15, -0.1) is 0 Å². The second kappa shape index (κ2) is 57.6. The van der Waals surface area contributed by atoms with Gasteiger partial charge in [-0.05, 0) is 89.9 Å². The van der Waals surface area contributed by atoms with Crippen LogP contribution in [0.3, 0.4) is 0 Å². The highest BCUT2D eigenvalue weighted by molar-refractivity contribution is 5.71. The molecule has 0 saturated heterocycles. The summed E-state index contributed by atoms with van der Waals surface area (Å²) in [5.41, 5.74) is 0. The van der Waals surface area contributed by atoms with Gasteiger partial charge in [0.15, 0.2) is 6.10 Å². The second-order valence-corrected chi connectivity index (χ2v) is 17.9. The minimum Gasteiger partial charge on any atom is -0.462 e. The minimum atomic E-state index is -0.814. The number of hydrogen-bond donors (Lipinski definition) is 0. The van der Waals surface area contributed by atoms with Crippen LogP contribution in [0, 0.1) is 0 Å². The van der Waals surface area contributed by atoms with Gasteiger partial charge < -0.3 is 14.2 Å². The highest BCUT2D eigenvalue weighted by Gasteiger charge is 2.19. The Morgan fingerprint density at radius 2 is 0.577 bits per heavy atom. The van der Waals surface area contributed by atoms with Crippen molar-refractivity contribution in [2.75, 3.05) is 13.2 Å². The van der Waals surface area contributed by atoms with E-state index in [1.807, 2.05) is 72.9 Å². The molecule has 396 valence electrons. The molecule has 0 aromatic heterocycles. The average molecular weight is 978 g/mol. The van der Waals surface area contributed by atoms with Crippen molar-refractivity contribution in [3.63, 3.8) is 0 Å². The zero-order valence-electron chi connectivity index (χ0n) is 45.2. The Hall–Kier alpha value is -4.97. The maximum absolute atomic E-state index is 12.9. The summed E-state index contributed by atoms with van der Waals surface area (Å²) in [6.45, 7) is 6.19. The summed E-state index contributed by atoms with van der Waals surface area (Å²) in [6, 6.07) is 0. The number of allylic oxidation sites excluding steroid dienone is 26. The van der Waals surface area contributed by atoms with Crippen LogP contribution >= 0.6 is 0 Å². The number of carbonyl (C=O) groups excluding carboxylic acids is 3. The third kappa shape index (κ3) is 55.8. The van der Waals surface area contributed by atoms with Gasteiger partial charge in [0, 0.05) is 19.3 Å². The van der Waals surface area contributed by atoms with E-state index in [1.165, 1.54) is 64.2 Å². The number of unbranched alkanes of at least 4 members (excludes halogenated alkanes) is 19. The topological polar surface area (TPSA) is 78.9 Å². The van der Waals surface area contributed by atoms with Crippen molar-refractivity contribution in [2.24, 2.45) is 0 Å². The fraction of sp³-hybridized carbons (Fsp3) is 0.554. The van der Waals surface area contributed by atoms with Crippen LogP contribution in [0.4, 0.5) is 0 Å². The summed E-state index contributed by atoms with van der Waals surface area (Å²) in [5, 5.41) is 0. The molecule has 0 fully saturated rings. The Morgan fingerprint density at radius 1 is 0.296 bits per heavy atom. The molecule has 0 aliphatic heterocycles.